The van der Waals surface area contributed by atoms with Gasteiger partial charge in [-0.25, -0.2) is 4.98 Å². The number of rotatable bonds is 1. The van der Waals surface area contributed by atoms with Crippen LogP contribution in [0.5, 0.6) is 0 Å². The maximum absolute atomic E-state index is 6.10. The molecule has 0 saturated carbocycles. The van der Waals surface area contributed by atoms with Crippen molar-refractivity contribution >= 4 is 56.3 Å². The summed E-state index contributed by atoms with van der Waals surface area (Å²) in [6.07, 6.45) is 0. The fourth-order valence-corrected chi connectivity index (χ4v) is 5.16. The summed E-state index contributed by atoms with van der Waals surface area (Å²) in [6.45, 7) is 0. The standard InChI is InChI=1S/C25H17N3S/c26-16-13-14-22-24(15-16)29-23-12-6-5-11-21(23)28(22)25-19-9-2-1-7-17(19)18-8-3-4-10-20(18)27-25/h1-15H,26H2. The minimum Gasteiger partial charge on any atom is -0.399 e. The van der Waals surface area contributed by atoms with Gasteiger partial charge in [-0.05, 0) is 41.8 Å². The third-order valence-corrected chi connectivity index (χ3v) is 6.46. The van der Waals surface area contributed by atoms with E-state index in [1.165, 1.54) is 15.7 Å². The second kappa shape index (κ2) is 6.26. The van der Waals surface area contributed by atoms with Crippen LogP contribution in [0.15, 0.2) is 101 Å². The Labute approximate surface area is 172 Å². The van der Waals surface area contributed by atoms with E-state index in [0.717, 1.165) is 38.7 Å². The average Bonchev–Trinajstić information content (AvgIpc) is 2.77. The molecule has 4 heteroatoms. The van der Waals surface area contributed by atoms with Gasteiger partial charge < -0.3 is 5.73 Å². The zero-order valence-corrected chi connectivity index (χ0v) is 16.4. The number of nitrogens with two attached hydrogens (primary N) is 1. The van der Waals surface area contributed by atoms with Gasteiger partial charge in [0.2, 0.25) is 0 Å². The summed E-state index contributed by atoms with van der Waals surface area (Å²) in [5.74, 6) is 0.943. The molecule has 0 aliphatic carbocycles. The van der Waals surface area contributed by atoms with Crippen LogP contribution < -0.4 is 10.6 Å². The first kappa shape index (κ1) is 16.5. The fourth-order valence-electron chi connectivity index (χ4n) is 4.06. The topological polar surface area (TPSA) is 42.1 Å². The van der Waals surface area contributed by atoms with E-state index >= 15 is 0 Å². The first-order valence-electron chi connectivity index (χ1n) is 9.54. The Morgan fingerprint density at radius 1 is 0.655 bits per heavy atom. The largest absolute Gasteiger partial charge is 0.399 e. The van der Waals surface area contributed by atoms with Crippen LogP contribution in [0.2, 0.25) is 0 Å². The summed E-state index contributed by atoms with van der Waals surface area (Å²) in [4.78, 5) is 9.75. The molecule has 0 fully saturated rings. The van der Waals surface area contributed by atoms with E-state index in [1.54, 1.807) is 11.8 Å². The highest BCUT2D eigenvalue weighted by atomic mass is 32.2. The Balaban J connectivity index is 1.74. The lowest BCUT2D eigenvalue weighted by Gasteiger charge is -2.33. The van der Waals surface area contributed by atoms with Crippen molar-refractivity contribution in [2.24, 2.45) is 0 Å². The number of benzene rings is 4. The van der Waals surface area contributed by atoms with E-state index in [9.17, 15) is 0 Å². The van der Waals surface area contributed by atoms with Crippen molar-refractivity contribution in [3.8, 4) is 0 Å². The lowest BCUT2D eigenvalue weighted by Crippen LogP contribution is -2.16. The number of pyridine rings is 1. The Kier molecular flexibility index (Phi) is 3.55. The van der Waals surface area contributed by atoms with Gasteiger partial charge in [0.05, 0.1) is 16.9 Å². The predicted octanol–water partition coefficient (Wildman–Crippen LogP) is 6.90. The molecule has 2 N–H and O–H groups in total. The zero-order chi connectivity index (χ0) is 19.4. The number of nitrogen functional groups attached to an aromatic ring is 1. The second-order valence-corrected chi connectivity index (χ2v) is 8.21. The molecule has 0 atom stereocenters. The monoisotopic (exact) mass is 391 g/mol. The molecule has 0 bridgehead atoms. The fraction of sp³-hybridized carbons (Fsp3) is 0. The van der Waals surface area contributed by atoms with Crippen molar-refractivity contribution in [3.63, 3.8) is 0 Å². The maximum atomic E-state index is 6.10. The SMILES string of the molecule is Nc1ccc2c(c1)Sc1ccccc1N2c1nc2ccccc2c2ccccc12. The van der Waals surface area contributed by atoms with Crippen LogP contribution >= 0.6 is 11.8 Å². The summed E-state index contributed by atoms with van der Waals surface area (Å²) in [7, 11) is 0. The first-order valence-corrected chi connectivity index (χ1v) is 10.4. The third kappa shape index (κ3) is 2.50. The third-order valence-electron chi connectivity index (χ3n) is 5.35. The molecule has 1 aliphatic rings. The van der Waals surface area contributed by atoms with Crippen molar-refractivity contribution in [3.05, 3.63) is 91.0 Å². The summed E-state index contributed by atoms with van der Waals surface area (Å²) in [5, 5.41) is 3.51. The molecule has 0 radical (unpaired) electrons. The van der Waals surface area contributed by atoms with Crippen LogP contribution in [0.4, 0.5) is 22.9 Å². The minimum absolute atomic E-state index is 0.770. The number of aromatic nitrogens is 1. The van der Waals surface area contributed by atoms with Crippen LogP contribution in [0.25, 0.3) is 21.7 Å². The van der Waals surface area contributed by atoms with E-state index in [1.807, 2.05) is 18.2 Å². The van der Waals surface area contributed by atoms with Gasteiger partial charge in [-0.15, -0.1) is 0 Å². The summed E-state index contributed by atoms with van der Waals surface area (Å²) in [5.41, 5.74) is 10.1. The number of fused-ring (bicyclic) bond motifs is 5. The van der Waals surface area contributed by atoms with Crippen LogP contribution in [-0.4, -0.2) is 4.98 Å². The van der Waals surface area contributed by atoms with Gasteiger partial charge in [0, 0.05) is 26.3 Å². The summed E-state index contributed by atoms with van der Waals surface area (Å²) >= 11 is 1.75. The Morgan fingerprint density at radius 3 is 2.24 bits per heavy atom. The van der Waals surface area contributed by atoms with E-state index in [4.69, 9.17) is 10.7 Å². The molecule has 0 unspecified atom stereocenters. The quantitative estimate of drug-likeness (QED) is 0.244. The van der Waals surface area contributed by atoms with Gasteiger partial charge in [0.25, 0.3) is 0 Å². The van der Waals surface area contributed by atoms with E-state index < -0.39 is 0 Å². The summed E-state index contributed by atoms with van der Waals surface area (Å²) in [6, 6.07) is 31.4. The normalized spacial score (nSPS) is 12.8. The zero-order valence-electron chi connectivity index (χ0n) is 15.5. The predicted molar refractivity (Wildman–Crippen MR) is 122 cm³/mol. The van der Waals surface area contributed by atoms with Crippen LogP contribution in [-0.2, 0) is 0 Å². The second-order valence-electron chi connectivity index (χ2n) is 7.13. The van der Waals surface area contributed by atoms with E-state index in [2.05, 4.69) is 77.7 Å². The number of hydrogen-bond donors (Lipinski definition) is 1. The molecule has 138 valence electrons. The maximum Gasteiger partial charge on any atom is 0.146 e. The molecule has 0 spiro atoms. The highest BCUT2D eigenvalue weighted by Crippen LogP contribution is 2.52. The van der Waals surface area contributed by atoms with E-state index in [0.29, 0.717) is 0 Å². The van der Waals surface area contributed by atoms with Crippen molar-refractivity contribution in [2.45, 2.75) is 9.79 Å². The smallest absolute Gasteiger partial charge is 0.146 e. The molecule has 6 rings (SSSR count). The highest BCUT2D eigenvalue weighted by molar-refractivity contribution is 7.99. The summed E-state index contributed by atoms with van der Waals surface area (Å²) < 4.78 is 0. The van der Waals surface area contributed by atoms with Gasteiger partial charge in [0.1, 0.15) is 5.82 Å². The van der Waals surface area contributed by atoms with Gasteiger partial charge in [-0.3, -0.25) is 4.90 Å². The lowest BCUT2D eigenvalue weighted by atomic mass is 10.0. The molecule has 0 amide bonds. The molecule has 2 heterocycles. The van der Waals surface area contributed by atoms with Gasteiger partial charge in [-0.1, -0.05) is 66.4 Å². The molecular formula is C25H17N3S. The van der Waals surface area contributed by atoms with Crippen molar-refractivity contribution in [1.82, 2.24) is 4.98 Å². The highest BCUT2D eigenvalue weighted by Gasteiger charge is 2.27. The molecule has 4 aromatic carbocycles. The van der Waals surface area contributed by atoms with Crippen LogP contribution in [0.1, 0.15) is 0 Å². The van der Waals surface area contributed by atoms with Crippen molar-refractivity contribution < 1.29 is 0 Å². The number of para-hydroxylation sites is 2. The minimum atomic E-state index is 0.770. The van der Waals surface area contributed by atoms with E-state index in [-0.39, 0.29) is 0 Å². The Hall–Kier alpha value is -3.50. The lowest BCUT2D eigenvalue weighted by molar-refractivity contribution is 1.14. The Morgan fingerprint density at radius 2 is 1.34 bits per heavy atom. The molecule has 29 heavy (non-hydrogen) atoms. The number of anilines is 4. The van der Waals surface area contributed by atoms with Crippen LogP contribution in [0, 0.1) is 0 Å². The van der Waals surface area contributed by atoms with Gasteiger partial charge in [0.15, 0.2) is 0 Å². The molecule has 5 aromatic rings. The van der Waals surface area contributed by atoms with Crippen LogP contribution in [0.3, 0.4) is 0 Å². The first-order chi connectivity index (χ1) is 14.3. The number of nitrogens with zero attached hydrogens (tertiary/aromatic N) is 2. The number of hydrogen-bond acceptors (Lipinski definition) is 4. The van der Waals surface area contributed by atoms with Crippen molar-refractivity contribution in [1.29, 1.82) is 0 Å². The van der Waals surface area contributed by atoms with Crippen molar-refractivity contribution in [2.75, 3.05) is 10.6 Å². The Bertz CT molecular complexity index is 1410. The molecule has 1 aromatic heterocycles. The van der Waals surface area contributed by atoms with Gasteiger partial charge in [-0.2, -0.15) is 0 Å². The molecule has 0 saturated heterocycles. The molecule has 3 nitrogen and oxygen atoms in total. The molecular weight excluding hydrogens is 374 g/mol. The average molecular weight is 391 g/mol. The van der Waals surface area contributed by atoms with Gasteiger partial charge >= 0.3 is 0 Å². The molecule has 1 aliphatic heterocycles.